The number of methoxy groups -OCH3 is 1. The lowest BCUT2D eigenvalue weighted by atomic mass is 10.2. The highest BCUT2D eigenvalue weighted by Crippen LogP contribution is 2.29. The molecule has 0 amide bonds. The molecule has 0 aliphatic carbocycles. The van der Waals surface area contributed by atoms with E-state index < -0.39 is 10.9 Å². The van der Waals surface area contributed by atoms with Gasteiger partial charge >= 0.3 is 5.97 Å². The predicted octanol–water partition coefficient (Wildman–Crippen LogP) is 4.00. The summed E-state index contributed by atoms with van der Waals surface area (Å²) in [4.78, 5) is 21.8. The van der Waals surface area contributed by atoms with Gasteiger partial charge in [0.25, 0.3) is 0 Å². The van der Waals surface area contributed by atoms with Crippen molar-refractivity contribution in [2.75, 3.05) is 13.7 Å². The molecule has 2 aromatic rings. The molecule has 26 heavy (non-hydrogen) atoms. The average molecular weight is 422 g/mol. The fraction of sp³-hybridized carbons (Fsp3) is 0.167. The third kappa shape index (κ3) is 5.59. The topological polar surface area (TPSA) is 87.9 Å². The molecule has 0 fully saturated rings. The summed E-state index contributed by atoms with van der Waals surface area (Å²) in [6.07, 6.45) is 2.13. The van der Waals surface area contributed by atoms with E-state index in [0.717, 1.165) is 16.2 Å². The Bertz CT molecular complexity index is 850. The van der Waals surface area contributed by atoms with Crippen molar-refractivity contribution < 1.29 is 23.9 Å². The maximum absolute atomic E-state index is 12.0. The summed E-state index contributed by atoms with van der Waals surface area (Å²) < 4.78 is 16.8. The molecular weight excluding hydrogens is 406 g/mol. The number of hydrogen-bond donors (Lipinski definition) is 0. The maximum Gasteiger partial charge on any atom is 0.349 e. The summed E-state index contributed by atoms with van der Waals surface area (Å²) in [5.41, 5.74) is 1.52. The van der Waals surface area contributed by atoms with Gasteiger partial charge in [0.05, 0.1) is 12.0 Å². The first-order valence-electron chi connectivity index (χ1n) is 7.48. The van der Waals surface area contributed by atoms with Crippen LogP contribution in [0.25, 0.3) is 6.08 Å². The number of carbonyl (C=O) groups excluding carboxylic acids is 1. The van der Waals surface area contributed by atoms with Crippen molar-refractivity contribution in [2.24, 2.45) is 0 Å². The third-order valence-electron chi connectivity index (χ3n) is 3.29. The van der Waals surface area contributed by atoms with Crippen molar-refractivity contribution in [3.63, 3.8) is 0 Å². The first-order valence-corrected chi connectivity index (χ1v) is 8.27. The Labute approximate surface area is 158 Å². The standard InChI is InChI=1S/C18H16BrNO6/c1-12-9-14(4-5-15(12)19)25-11-18(21)26-16-6-3-13(7-8-20(22)23)10-17(16)24-2/h3-10H,11H2,1-2H3/b8-7+. The highest BCUT2D eigenvalue weighted by atomic mass is 79.9. The summed E-state index contributed by atoms with van der Waals surface area (Å²) >= 11 is 3.39. The van der Waals surface area contributed by atoms with Gasteiger partial charge in [-0.2, -0.15) is 0 Å². The highest BCUT2D eigenvalue weighted by molar-refractivity contribution is 9.10. The van der Waals surface area contributed by atoms with Crippen LogP contribution < -0.4 is 14.2 Å². The number of ether oxygens (including phenoxy) is 3. The molecule has 0 heterocycles. The van der Waals surface area contributed by atoms with Crippen LogP contribution in [0.4, 0.5) is 0 Å². The normalized spacial score (nSPS) is 10.6. The second kappa shape index (κ2) is 9.00. The fourth-order valence-corrected chi connectivity index (χ4v) is 2.27. The Morgan fingerprint density at radius 1 is 1.23 bits per heavy atom. The van der Waals surface area contributed by atoms with Crippen LogP contribution in [0.5, 0.6) is 17.2 Å². The molecular formula is C18H16BrNO6. The van der Waals surface area contributed by atoms with Crippen molar-refractivity contribution in [1.29, 1.82) is 0 Å². The molecule has 0 aliphatic rings. The Kier molecular flexibility index (Phi) is 6.74. The zero-order valence-corrected chi connectivity index (χ0v) is 15.7. The van der Waals surface area contributed by atoms with Crippen LogP contribution in [0.1, 0.15) is 11.1 Å². The Morgan fingerprint density at radius 2 is 2.00 bits per heavy atom. The van der Waals surface area contributed by atoms with Gasteiger partial charge in [0.2, 0.25) is 6.20 Å². The second-order valence-electron chi connectivity index (χ2n) is 5.19. The van der Waals surface area contributed by atoms with E-state index in [1.807, 2.05) is 13.0 Å². The zero-order chi connectivity index (χ0) is 19.1. The number of nitro groups is 1. The van der Waals surface area contributed by atoms with E-state index in [1.165, 1.54) is 25.3 Å². The number of benzene rings is 2. The van der Waals surface area contributed by atoms with Gasteiger partial charge in [-0.05, 0) is 48.4 Å². The smallest absolute Gasteiger partial charge is 0.349 e. The molecule has 0 bridgehead atoms. The third-order valence-corrected chi connectivity index (χ3v) is 4.18. The summed E-state index contributed by atoms with van der Waals surface area (Å²) in [7, 11) is 1.41. The number of carbonyl (C=O) groups is 1. The molecule has 136 valence electrons. The Morgan fingerprint density at radius 3 is 2.65 bits per heavy atom. The van der Waals surface area contributed by atoms with E-state index in [0.29, 0.717) is 11.3 Å². The molecule has 2 aromatic carbocycles. The van der Waals surface area contributed by atoms with Crippen LogP contribution in [0.15, 0.2) is 47.1 Å². The molecule has 0 radical (unpaired) electrons. The van der Waals surface area contributed by atoms with Crippen molar-refractivity contribution in [3.05, 3.63) is 68.3 Å². The number of nitrogens with zero attached hydrogens (tertiary/aromatic N) is 1. The van der Waals surface area contributed by atoms with Crippen LogP contribution in [0.3, 0.4) is 0 Å². The molecule has 0 saturated heterocycles. The van der Waals surface area contributed by atoms with Gasteiger partial charge in [-0.15, -0.1) is 0 Å². The lowest BCUT2D eigenvalue weighted by Gasteiger charge is -2.11. The van der Waals surface area contributed by atoms with E-state index in [9.17, 15) is 14.9 Å². The van der Waals surface area contributed by atoms with Crippen molar-refractivity contribution in [3.8, 4) is 17.2 Å². The molecule has 0 atom stereocenters. The first-order chi connectivity index (χ1) is 12.4. The zero-order valence-electron chi connectivity index (χ0n) is 14.1. The van der Waals surface area contributed by atoms with Crippen LogP contribution in [-0.4, -0.2) is 24.6 Å². The molecule has 0 aliphatic heterocycles. The monoisotopic (exact) mass is 421 g/mol. The summed E-state index contributed by atoms with van der Waals surface area (Å²) in [5, 5.41) is 10.4. The van der Waals surface area contributed by atoms with E-state index in [2.05, 4.69) is 15.9 Å². The van der Waals surface area contributed by atoms with Crippen molar-refractivity contribution in [2.45, 2.75) is 6.92 Å². The highest BCUT2D eigenvalue weighted by Gasteiger charge is 2.12. The van der Waals surface area contributed by atoms with Crippen LogP contribution in [0.2, 0.25) is 0 Å². The largest absolute Gasteiger partial charge is 0.493 e. The number of halogens is 1. The van der Waals surface area contributed by atoms with Gasteiger partial charge in [-0.1, -0.05) is 22.0 Å². The molecule has 0 aromatic heterocycles. The van der Waals surface area contributed by atoms with E-state index >= 15 is 0 Å². The summed E-state index contributed by atoms with van der Waals surface area (Å²) in [6, 6.07) is 9.97. The molecule has 2 rings (SSSR count). The molecule has 7 nitrogen and oxygen atoms in total. The second-order valence-corrected chi connectivity index (χ2v) is 6.04. The Balaban J connectivity index is 2.01. The van der Waals surface area contributed by atoms with E-state index in [4.69, 9.17) is 14.2 Å². The fourth-order valence-electron chi connectivity index (χ4n) is 2.02. The van der Waals surface area contributed by atoms with Crippen molar-refractivity contribution >= 4 is 28.0 Å². The van der Waals surface area contributed by atoms with Gasteiger partial charge in [-0.25, -0.2) is 4.79 Å². The van der Waals surface area contributed by atoms with Crippen LogP contribution in [0, 0.1) is 17.0 Å². The van der Waals surface area contributed by atoms with Gasteiger partial charge in [0, 0.05) is 10.5 Å². The quantitative estimate of drug-likeness (QED) is 0.290. The van der Waals surface area contributed by atoms with E-state index in [1.54, 1.807) is 18.2 Å². The Hall–Kier alpha value is -2.87. The first kappa shape index (κ1) is 19.5. The van der Waals surface area contributed by atoms with Gasteiger partial charge in [0.1, 0.15) is 5.75 Å². The summed E-state index contributed by atoms with van der Waals surface area (Å²) in [6.45, 7) is 1.64. The molecule has 0 spiro atoms. The molecule has 8 heteroatoms. The molecule has 0 unspecified atom stereocenters. The number of hydrogen-bond acceptors (Lipinski definition) is 6. The van der Waals surface area contributed by atoms with Crippen LogP contribution >= 0.6 is 15.9 Å². The SMILES string of the molecule is COc1cc(/C=C/[N+](=O)[O-])ccc1OC(=O)COc1ccc(Br)c(C)c1. The van der Waals surface area contributed by atoms with Gasteiger partial charge in [0.15, 0.2) is 18.1 Å². The molecule has 0 saturated carbocycles. The number of aryl methyl sites for hydroxylation is 1. The average Bonchev–Trinajstić information content (AvgIpc) is 2.61. The maximum atomic E-state index is 12.0. The summed E-state index contributed by atoms with van der Waals surface area (Å²) in [5.74, 6) is 0.432. The minimum atomic E-state index is -0.600. The lowest BCUT2D eigenvalue weighted by Crippen LogP contribution is -2.18. The van der Waals surface area contributed by atoms with Gasteiger partial charge in [-0.3, -0.25) is 10.1 Å². The number of rotatable bonds is 7. The van der Waals surface area contributed by atoms with Crippen molar-refractivity contribution in [1.82, 2.24) is 0 Å². The van der Waals surface area contributed by atoms with Crippen LogP contribution in [-0.2, 0) is 4.79 Å². The van der Waals surface area contributed by atoms with Gasteiger partial charge < -0.3 is 14.2 Å². The number of esters is 1. The minimum Gasteiger partial charge on any atom is -0.493 e. The lowest BCUT2D eigenvalue weighted by molar-refractivity contribution is -0.400. The molecule has 0 N–H and O–H groups in total. The van der Waals surface area contributed by atoms with E-state index in [-0.39, 0.29) is 18.1 Å². The predicted molar refractivity (Wildman–Crippen MR) is 99.0 cm³/mol. The minimum absolute atomic E-state index is 0.200.